The monoisotopic (exact) mass is 443 g/mol. The fraction of sp³-hybridized carbons (Fsp3) is 1.00. The van der Waals surface area contributed by atoms with Crippen molar-refractivity contribution in [2.75, 3.05) is 60.4 Å². The highest BCUT2D eigenvalue weighted by Crippen LogP contribution is 2.39. The minimum Gasteiger partial charge on any atom is -0.421 e. The molecule has 0 aliphatic rings. The summed E-state index contributed by atoms with van der Waals surface area (Å²) in [6.45, 7) is 18.5. The van der Waals surface area contributed by atoms with E-state index in [4.69, 9.17) is 4.43 Å². The van der Waals surface area contributed by atoms with Crippen LogP contribution >= 0.6 is 0 Å². The molecule has 0 aromatic carbocycles. The van der Waals surface area contributed by atoms with Crippen molar-refractivity contribution < 1.29 is 4.43 Å². The van der Waals surface area contributed by atoms with Crippen molar-refractivity contribution in [1.29, 1.82) is 0 Å². The Labute approximate surface area is 193 Å². The largest absolute Gasteiger partial charge is 0.421 e. The second kappa shape index (κ2) is 18.6. The van der Waals surface area contributed by atoms with Crippen LogP contribution in [0.15, 0.2) is 0 Å². The minimum atomic E-state index is -0.461. The van der Waals surface area contributed by atoms with Crippen LogP contribution in [0.1, 0.15) is 86.0 Å². The molecule has 0 aliphatic heterocycles. The summed E-state index contributed by atoms with van der Waals surface area (Å²) in [4.78, 5) is 7.41. The Morgan fingerprint density at radius 1 is 0.667 bits per heavy atom. The SMILES string of the molecule is CCC(CC)O[SiH2]CC(CCCN(C)CC)(CCCN(C)CC)CCCN(C)CC. The fourth-order valence-corrected chi connectivity index (χ4v) is 6.47. The number of rotatable bonds is 21. The van der Waals surface area contributed by atoms with Gasteiger partial charge in [-0.05, 0) is 123 Å². The van der Waals surface area contributed by atoms with E-state index in [0.717, 1.165) is 19.6 Å². The Kier molecular flexibility index (Phi) is 18.6. The number of hydrogen-bond acceptors (Lipinski definition) is 4. The normalized spacial score (nSPS) is 13.2. The van der Waals surface area contributed by atoms with Gasteiger partial charge in [-0.1, -0.05) is 34.6 Å². The average molecular weight is 444 g/mol. The van der Waals surface area contributed by atoms with E-state index in [2.05, 4.69) is 70.5 Å². The molecule has 0 spiro atoms. The second-order valence-electron chi connectivity index (χ2n) is 9.56. The van der Waals surface area contributed by atoms with Gasteiger partial charge in [-0.25, -0.2) is 0 Å². The third kappa shape index (κ3) is 14.2. The van der Waals surface area contributed by atoms with Crippen LogP contribution in [-0.2, 0) is 4.43 Å². The Morgan fingerprint density at radius 3 is 1.33 bits per heavy atom. The molecule has 0 fully saturated rings. The smallest absolute Gasteiger partial charge is 0.162 e. The molecule has 0 heterocycles. The molecule has 182 valence electrons. The van der Waals surface area contributed by atoms with Gasteiger partial charge in [0.05, 0.1) is 0 Å². The molecule has 0 radical (unpaired) electrons. The maximum atomic E-state index is 6.45. The van der Waals surface area contributed by atoms with Crippen molar-refractivity contribution in [1.82, 2.24) is 14.7 Å². The summed E-state index contributed by atoms with van der Waals surface area (Å²) < 4.78 is 6.45. The van der Waals surface area contributed by atoms with Crippen LogP contribution in [0.5, 0.6) is 0 Å². The van der Waals surface area contributed by atoms with Crippen LogP contribution in [-0.4, -0.2) is 91.0 Å². The zero-order valence-electron chi connectivity index (χ0n) is 22.1. The molecule has 0 amide bonds. The Morgan fingerprint density at radius 2 is 1.03 bits per heavy atom. The quantitative estimate of drug-likeness (QED) is 0.235. The number of hydrogen-bond donors (Lipinski definition) is 0. The average Bonchev–Trinajstić information content (AvgIpc) is 2.76. The molecule has 0 aromatic rings. The van der Waals surface area contributed by atoms with Crippen molar-refractivity contribution in [3.8, 4) is 0 Å². The lowest BCUT2D eigenvalue weighted by Crippen LogP contribution is -2.30. The summed E-state index contributed by atoms with van der Waals surface area (Å²) in [5, 5.41) is 0. The van der Waals surface area contributed by atoms with E-state index in [9.17, 15) is 0 Å². The molecule has 0 unspecified atom stereocenters. The molecule has 5 heteroatoms. The molecule has 0 saturated heterocycles. The minimum absolute atomic E-state index is 0.461. The van der Waals surface area contributed by atoms with Gasteiger partial charge >= 0.3 is 0 Å². The van der Waals surface area contributed by atoms with Gasteiger partial charge < -0.3 is 19.1 Å². The third-order valence-electron chi connectivity index (χ3n) is 7.26. The van der Waals surface area contributed by atoms with Crippen molar-refractivity contribution in [2.24, 2.45) is 5.41 Å². The van der Waals surface area contributed by atoms with Crippen LogP contribution in [0.2, 0.25) is 6.04 Å². The maximum Gasteiger partial charge on any atom is 0.162 e. The zero-order chi connectivity index (χ0) is 22.8. The van der Waals surface area contributed by atoms with Crippen molar-refractivity contribution in [3.63, 3.8) is 0 Å². The van der Waals surface area contributed by atoms with E-state index in [-0.39, 0.29) is 0 Å². The van der Waals surface area contributed by atoms with Gasteiger partial charge in [-0.2, -0.15) is 0 Å². The molecule has 30 heavy (non-hydrogen) atoms. The van der Waals surface area contributed by atoms with Crippen molar-refractivity contribution >= 4 is 9.76 Å². The molecule has 0 saturated carbocycles. The lowest BCUT2D eigenvalue weighted by molar-refractivity contribution is 0.168. The topological polar surface area (TPSA) is 19.0 Å². The van der Waals surface area contributed by atoms with Crippen LogP contribution in [0.25, 0.3) is 0 Å². The summed E-state index contributed by atoms with van der Waals surface area (Å²) >= 11 is 0. The van der Waals surface area contributed by atoms with Gasteiger partial charge in [0.1, 0.15) is 0 Å². The summed E-state index contributed by atoms with van der Waals surface area (Å²) in [5.41, 5.74) is 0.496. The first kappa shape index (κ1) is 30.1. The van der Waals surface area contributed by atoms with Gasteiger partial charge in [-0.15, -0.1) is 0 Å². The van der Waals surface area contributed by atoms with Gasteiger partial charge in [0.2, 0.25) is 0 Å². The number of nitrogens with zero attached hydrogens (tertiary/aromatic N) is 3. The maximum absolute atomic E-state index is 6.45. The first-order chi connectivity index (χ1) is 14.4. The lowest BCUT2D eigenvalue weighted by atomic mass is 9.76. The molecule has 0 atom stereocenters. The molecular weight excluding hydrogens is 386 g/mol. The molecule has 0 bridgehead atoms. The highest BCUT2D eigenvalue weighted by atomic mass is 28.2. The molecule has 0 rings (SSSR count). The zero-order valence-corrected chi connectivity index (χ0v) is 23.6. The highest BCUT2D eigenvalue weighted by molar-refractivity contribution is 6.27. The lowest BCUT2D eigenvalue weighted by Gasteiger charge is -2.36. The predicted molar refractivity (Wildman–Crippen MR) is 138 cm³/mol. The summed E-state index contributed by atoms with van der Waals surface area (Å²) in [5.74, 6) is 0. The van der Waals surface area contributed by atoms with E-state index < -0.39 is 9.76 Å². The molecule has 4 nitrogen and oxygen atoms in total. The highest BCUT2D eigenvalue weighted by Gasteiger charge is 2.29. The molecule has 0 N–H and O–H groups in total. The standard InChI is InChI=1S/C25H57N3OSi/c1-9-24(10-2)29-30-23-25(17-14-20-26(6)11-3,18-15-21-27(7)12-4)19-16-22-28(8)13-5/h24H,9-23,30H2,1-8H3. The molecular formula is C25H57N3OSi. The van der Waals surface area contributed by atoms with E-state index in [0.29, 0.717) is 11.5 Å². The van der Waals surface area contributed by atoms with Crippen molar-refractivity contribution in [2.45, 2.75) is 98.1 Å². The molecule has 0 aliphatic carbocycles. The Hall–Kier alpha value is 0.0569. The predicted octanol–water partition coefficient (Wildman–Crippen LogP) is 4.88. The van der Waals surface area contributed by atoms with E-state index in [1.165, 1.54) is 77.0 Å². The van der Waals surface area contributed by atoms with Crippen LogP contribution in [0.4, 0.5) is 0 Å². The van der Waals surface area contributed by atoms with Gasteiger partial charge in [0, 0.05) is 6.10 Å². The second-order valence-corrected chi connectivity index (χ2v) is 10.8. The van der Waals surface area contributed by atoms with Gasteiger partial charge in [-0.3, -0.25) is 0 Å². The van der Waals surface area contributed by atoms with Gasteiger partial charge in [0.25, 0.3) is 0 Å². The third-order valence-corrected chi connectivity index (χ3v) is 9.23. The molecule has 0 aromatic heterocycles. The van der Waals surface area contributed by atoms with Crippen LogP contribution in [0, 0.1) is 5.41 Å². The Bertz CT molecular complexity index is 339. The van der Waals surface area contributed by atoms with Crippen molar-refractivity contribution in [3.05, 3.63) is 0 Å². The Balaban J connectivity index is 5.12. The fourth-order valence-electron chi connectivity index (χ4n) is 4.36. The first-order valence-corrected chi connectivity index (χ1v) is 14.6. The van der Waals surface area contributed by atoms with Crippen LogP contribution in [0.3, 0.4) is 0 Å². The summed E-state index contributed by atoms with van der Waals surface area (Å²) in [7, 11) is 6.33. The van der Waals surface area contributed by atoms with Crippen LogP contribution < -0.4 is 0 Å². The van der Waals surface area contributed by atoms with E-state index in [1.807, 2.05) is 0 Å². The first-order valence-electron chi connectivity index (χ1n) is 13.0. The summed E-state index contributed by atoms with van der Waals surface area (Å²) in [6.07, 6.45) is 11.0. The van der Waals surface area contributed by atoms with E-state index in [1.54, 1.807) is 0 Å². The summed E-state index contributed by atoms with van der Waals surface area (Å²) in [6, 6.07) is 1.37. The van der Waals surface area contributed by atoms with Gasteiger partial charge in [0.15, 0.2) is 9.76 Å². The van der Waals surface area contributed by atoms with E-state index >= 15 is 0 Å².